The van der Waals surface area contributed by atoms with Crippen molar-refractivity contribution < 1.29 is 23.1 Å². The highest BCUT2D eigenvalue weighted by molar-refractivity contribution is 5.91. The fraction of sp³-hybridized carbons (Fsp3) is 0.333. The number of alkyl halides is 3. The first kappa shape index (κ1) is 12.3. The predicted molar refractivity (Wildman–Crippen MR) is 49.6 cm³/mol. The van der Waals surface area contributed by atoms with Gasteiger partial charge in [0.2, 0.25) is 0 Å². The lowest BCUT2D eigenvalue weighted by molar-refractivity contribution is -0.131. The molecule has 0 saturated heterocycles. The summed E-state index contributed by atoms with van der Waals surface area (Å²) in [7, 11) is 1.46. The molecular weight excluding hydrogens is 225 g/mol. The highest BCUT2D eigenvalue weighted by atomic mass is 19.4. The van der Waals surface area contributed by atoms with E-state index in [0.29, 0.717) is 0 Å². The number of carboxylic acids is 1. The summed E-state index contributed by atoms with van der Waals surface area (Å²) < 4.78 is 39.0. The van der Waals surface area contributed by atoms with E-state index in [1.165, 1.54) is 18.7 Å². The molecule has 0 bridgehead atoms. The Morgan fingerprint density at radius 1 is 1.56 bits per heavy atom. The SMILES string of the molecule is Cc1nn(C)cc1C(=CC(=O)O)C(F)(F)F. The number of carboxylic acid groups (broad SMARTS) is 1. The van der Waals surface area contributed by atoms with Crippen LogP contribution in [0.3, 0.4) is 0 Å². The second-order valence-electron chi connectivity index (χ2n) is 3.20. The molecule has 4 nitrogen and oxygen atoms in total. The summed E-state index contributed by atoms with van der Waals surface area (Å²) in [6, 6.07) is 0. The molecule has 1 N–H and O–H groups in total. The number of rotatable bonds is 2. The number of aryl methyl sites for hydroxylation is 2. The van der Waals surface area contributed by atoms with Crippen molar-refractivity contribution in [1.29, 1.82) is 0 Å². The van der Waals surface area contributed by atoms with Gasteiger partial charge in [-0.2, -0.15) is 18.3 Å². The molecule has 0 atom stereocenters. The third-order valence-corrected chi connectivity index (χ3v) is 1.88. The van der Waals surface area contributed by atoms with Gasteiger partial charge in [0, 0.05) is 24.9 Å². The van der Waals surface area contributed by atoms with Crippen LogP contribution in [0.15, 0.2) is 12.3 Å². The van der Waals surface area contributed by atoms with Gasteiger partial charge in [-0.15, -0.1) is 0 Å². The lowest BCUT2D eigenvalue weighted by atomic mass is 10.1. The molecule has 0 amide bonds. The number of aliphatic carboxylic acids is 1. The van der Waals surface area contributed by atoms with E-state index >= 15 is 0 Å². The van der Waals surface area contributed by atoms with Crippen molar-refractivity contribution in [3.05, 3.63) is 23.5 Å². The fourth-order valence-electron chi connectivity index (χ4n) is 1.30. The first-order valence-corrected chi connectivity index (χ1v) is 4.24. The second-order valence-corrected chi connectivity index (χ2v) is 3.20. The number of carbonyl (C=O) groups is 1. The highest BCUT2D eigenvalue weighted by Gasteiger charge is 2.37. The number of halogens is 3. The summed E-state index contributed by atoms with van der Waals surface area (Å²) in [5.74, 6) is -1.64. The van der Waals surface area contributed by atoms with E-state index in [9.17, 15) is 18.0 Å². The van der Waals surface area contributed by atoms with Crippen LogP contribution < -0.4 is 0 Å². The summed E-state index contributed by atoms with van der Waals surface area (Å²) in [4.78, 5) is 10.3. The molecule has 1 aromatic heterocycles. The summed E-state index contributed by atoms with van der Waals surface area (Å²) in [5.41, 5.74) is -1.30. The zero-order chi connectivity index (χ0) is 12.5. The van der Waals surface area contributed by atoms with Gasteiger partial charge in [-0.05, 0) is 6.92 Å². The number of nitrogens with zero attached hydrogens (tertiary/aromatic N) is 2. The van der Waals surface area contributed by atoms with E-state index < -0.39 is 17.7 Å². The van der Waals surface area contributed by atoms with Gasteiger partial charge >= 0.3 is 12.1 Å². The lowest BCUT2D eigenvalue weighted by Gasteiger charge is -2.09. The minimum Gasteiger partial charge on any atom is -0.478 e. The molecule has 16 heavy (non-hydrogen) atoms. The van der Waals surface area contributed by atoms with Crippen molar-refractivity contribution in [1.82, 2.24) is 9.78 Å². The van der Waals surface area contributed by atoms with Gasteiger partial charge in [0.1, 0.15) is 0 Å². The Labute approximate surface area is 89.0 Å². The number of hydrogen-bond acceptors (Lipinski definition) is 2. The minimum absolute atomic E-state index is 0.132. The third kappa shape index (κ3) is 2.62. The molecule has 0 aromatic carbocycles. The molecule has 1 rings (SSSR count). The first-order chi connectivity index (χ1) is 7.21. The van der Waals surface area contributed by atoms with Crippen LogP contribution in [0.25, 0.3) is 5.57 Å². The average molecular weight is 234 g/mol. The van der Waals surface area contributed by atoms with Crippen LogP contribution in [-0.4, -0.2) is 27.0 Å². The van der Waals surface area contributed by atoms with Crippen LogP contribution in [-0.2, 0) is 11.8 Å². The van der Waals surface area contributed by atoms with Crippen molar-refractivity contribution in [3.63, 3.8) is 0 Å². The Bertz CT molecular complexity index is 446. The topological polar surface area (TPSA) is 55.1 Å². The van der Waals surface area contributed by atoms with Crippen molar-refractivity contribution in [2.45, 2.75) is 13.1 Å². The molecule has 88 valence electrons. The Kier molecular flexibility index (Phi) is 3.06. The molecule has 0 fully saturated rings. The van der Waals surface area contributed by atoms with Gasteiger partial charge < -0.3 is 5.11 Å². The molecule has 0 saturated carbocycles. The van der Waals surface area contributed by atoms with E-state index in [-0.39, 0.29) is 17.3 Å². The second kappa shape index (κ2) is 3.99. The minimum atomic E-state index is -4.72. The molecule has 0 radical (unpaired) electrons. The van der Waals surface area contributed by atoms with Crippen LogP contribution in [0.5, 0.6) is 0 Å². The quantitative estimate of drug-likeness (QED) is 0.793. The van der Waals surface area contributed by atoms with Crippen LogP contribution in [0.2, 0.25) is 0 Å². The van der Waals surface area contributed by atoms with E-state index in [4.69, 9.17) is 5.11 Å². The maximum atomic E-state index is 12.6. The lowest BCUT2D eigenvalue weighted by Crippen LogP contribution is -2.13. The van der Waals surface area contributed by atoms with Crippen molar-refractivity contribution in [2.24, 2.45) is 7.05 Å². The Morgan fingerprint density at radius 2 is 2.12 bits per heavy atom. The van der Waals surface area contributed by atoms with Crippen LogP contribution >= 0.6 is 0 Å². The van der Waals surface area contributed by atoms with Gasteiger partial charge in [-0.25, -0.2) is 4.79 Å². The number of allylic oxidation sites excluding steroid dienone is 1. The zero-order valence-corrected chi connectivity index (χ0v) is 8.54. The molecule has 0 spiro atoms. The van der Waals surface area contributed by atoms with E-state index in [0.717, 1.165) is 6.20 Å². The number of hydrogen-bond donors (Lipinski definition) is 1. The number of aromatic nitrogens is 2. The van der Waals surface area contributed by atoms with Gasteiger partial charge in [0.15, 0.2) is 0 Å². The molecule has 0 aliphatic carbocycles. The molecule has 0 aliphatic rings. The van der Waals surface area contributed by atoms with Gasteiger partial charge in [0.25, 0.3) is 0 Å². The van der Waals surface area contributed by atoms with Crippen LogP contribution in [0.4, 0.5) is 13.2 Å². The summed E-state index contributed by atoms with van der Waals surface area (Å²) >= 11 is 0. The molecule has 7 heteroatoms. The normalized spacial score (nSPS) is 12.9. The smallest absolute Gasteiger partial charge is 0.417 e. The summed E-state index contributed by atoms with van der Waals surface area (Å²) in [6.07, 6.45) is -3.44. The van der Waals surface area contributed by atoms with Crippen molar-refractivity contribution >= 4 is 11.5 Å². The van der Waals surface area contributed by atoms with E-state index in [2.05, 4.69) is 5.10 Å². The standard InChI is InChI=1S/C9H9F3N2O2/c1-5-6(4-14(2)13-5)7(3-8(15)16)9(10,11)12/h3-4H,1-2H3,(H,15,16). The van der Waals surface area contributed by atoms with Crippen LogP contribution in [0.1, 0.15) is 11.3 Å². The fourth-order valence-corrected chi connectivity index (χ4v) is 1.30. The maximum Gasteiger partial charge on any atom is 0.417 e. The highest BCUT2D eigenvalue weighted by Crippen LogP contribution is 2.34. The maximum absolute atomic E-state index is 12.6. The van der Waals surface area contributed by atoms with Gasteiger partial charge in [-0.3, -0.25) is 4.68 Å². The monoisotopic (exact) mass is 234 g/mol. The van der Waals surface area contributed by atoms with E-state index in [1.54, 1.807) is 0 Å². The first-order valence-electron chi connectivity index (χ1n) is 4.24. The van der Waals surface area contributed by atoms with Crippen LogP contribution in [0, 0.1) is 6.92 Å². The molecule has 0 aliphatic heterocycles. The van der Waals surface area contributed by atoms with Gasteiger partial charge in [0.05, 0.1) is 11.3 Å². The van der Waals surface area contributed by atoms with Crippen molar-refractivity contribution in [2.75, 3.05) is 0 Å². The molecular formula is C9H9F3N2O2. The zero-order valence-electron chi connectivity index (χ0n) is 8.54. The molecule has 0 unspecified atom stereocenters. The van der Waals surface area contributed by atoms with Crippen molar-refractivity contribution in [3.8, 4) is 0 Å². The average Bonchev–Trinajstić information content (AvgIpc) is 2.38. The van der Waals surface area contributed by atoms with E-state index in [1.807, 2.05) is 0 Å². The Hall–Kier alpha value is -1.79. The molecule has 1 aromatic rings. The summed E-state index contributed by atoms with van der Waals surface area (Å²) in [6.45, 7) is 1.39. The predicted octanol–water partition coefficient (Wildman–Crippen LogP) is 1.76. The van der Waals surface area contributed by atoms with Gasteiger partial charge in [-0.1, -0.05) is 0 Å². The Morgan fingerprint density at radius 3 is 2.44 bits per heavy atom. The third-order valence-electron chi connectivity index (χ3n) is 1.88. The summed E-state index contributed by atoms with van der Waals surface area (Å²) in [5, 5.41) is 12.1. The molecule has 1 heterocycles. The largest absolute Gasteiger partial charge is 0.478 e. The Balaban J connectivity index is 3.33.